The third kappa shape index (κ3) is 4.49. The van der Waals surface area contributed by atoms with Gasteiger partial charge in [-0.15, -0.1) is 0 Å². The number of hydrogen-bond acceptors (Lipinski definition) is 2. The summed E-state index contributed by atoms with van der Waals surface area (Å²) >= 11 is 0. The van der Waals surface area contributed by atoms with Crippen LogP contribution in [0.1, 0.15) is 20.3 Å². The fourth-order valence-electron chi connectivity index (χ4n) is 0.655. The number of nitrogens with two attached hydrogens (primary N) is 1. The third-order valence-corrected chi connectivity index (χ3v) is 1.13. The van der Waals surface area contributed by atoms with Crippen LogP contribution in [0.25, 0.3) is 0 Å². The molecule has 0 aliphatic heterocycles. The Kier molecular flexibility index (Phi) is 4.04. The monoisotopic (exact) mass is 170 g/mol. The average Bonchev–Trinajstić information content (AvgIpc) is 1.84. The van der Waals surface area contributed by atoms with E-state index in [2.05, 4.69) is 11.9 Å². The summed E-state index contributed by atoms with van der Waals surface area (Å²) in [6.45, 7) is 7.09. The van der Waals surface area contributed by atoms with Gasteiger partial charge in [-0.05, 0) is 13.8 Å². The molecule has 2 amide bonds. The maximum absolute atomic E-state index is 11.1. The number of nitrogens with one attached hydrogen (secondary N) is 1. The van der Waals surface area contributed by atoms with Crippen LogP contribution in [0.15, 0.2) is 12.2 Å². The lowest BCUT2D eigenvalue weighted by molar-refractivity contribution is -0.121. The normalized spacial score (nSPS) is 9.58. The summed E-state index contributed by atoms with van der Waals surface area (Å²) in [5, 5.41) is 2.60. The summed E-state index contributed by atoms with van der Waals surface area (Å²) in [7, 11) is 0. The van der Waals surface area contributed by atoms with Gasteiger partial charge in [-0.2, -0.15) is 0 Å². The second kappa shape index (κ2) is 4.54. The number of hydrogen-bond donors (Lipinski definition) is 2. The van der Waals surface area contributed by atoms with E-state index >= 15 is 0 Å². The van der Waals surface area contributed by atoms with Crippen molar-refractivity contribution >= 4 is 11.8 Å². The molecule has 0 aromatic rings. The Hall–Kier alpha value is -1.32. The van der Waals surface area contributed by atoms with Crippen LogP contribution in [0.3, 0.4) is 0 Å². The molecule has 0 bridgehead atoms. The van der Waals surface area contributed by atoms with Gasteiger partial charge in [-0.25, -0.2) is 0 Å². The lowest BCUT2D eigenvalue weighted by Crippen LogP contribution is -2.32. The van der Waals surface area contributed by atoms with E-state index in [1.807, 2.05) is 13.8 Å². The molecule has 0 aromatic carbocycles. The van der Waals surface area contributed by atoms with Gasteiger partial charge in [-0.3, -0.25) is 9.59 Å². The Bertz CT molecular complexity index is 209. The largest absolute Gasteiger partial charge is 0.369 e. The molecule has 3 N–H and O–H groups in total. The van der Waals surface area contributed by atoms with Crippen LogP contribution >= 0.6 is 0 Å². The molecule has 4 heteroatoms. The predicted molar refractivity (Wildman–Crippen MR) is 46.2 cm³/mol. The minimum absolute atomic E-state index is 0.0436. The number of carbonyl (C=O) groups is 2. The van der Waals surface area contributed by atoms with Crippen LogP contribution in [0.4, 0.5) is 0 Å². The Morgan fingerprint density at radius 3 is 2.33 bits per heavy atom. The Balaban J connectivity index is 3.94. The van der Waals surface area contributed by atoms with E-state index in [4.69, 9.17) is 5.73 Å². The third-order valence-electron chi connectivity index (χ3n) is 1.13. The summed E-state index contributed by atoms with van der Waals surface area (Å²) in [5.41, 5.74) is 5.09. The molecule has 12 heavy (non-hydrogen) atoms. The summed E-state index contributed by atoms with van der Waals surface area (Å²) in [6, 6.07) is 0.0436. The van der Waals surface area contributed by atoms with Crippen molar-refractivity contribution in [3.05, 3.63) is 12.2 Å². The zero-order valence-corrected chi connectivity index (χ0v) is 7.39. The molecule has 0 aromatic heterocycles. The lowest BCUT2D eigenvalue weighted by atomic mass is 10.2. The van der Waals surface area contributed by atoms with Gasteiger partial charge in [0.15, 0.2) is 0 Å². The topological polar surface area (TPSA) is 72.2 Å². The first-order chi connectivity index (χ1) is 5.43. The number of amides is 2. The van der Waals surface area contributed by atoms with Crippen LogP contribution in [-0.4, -0.2) is 17.9 Å². The van der Waals surface area contributed by atoms with E-state index in [9.17, 15) is 9.59 Å². The zero-order valence-electron chi connectivity index (χ0n) is 7.39. The van der Waals surface area contributed by atoms with Gasteiger partial charge in [0.2, 0.25) is 11.8 Å². The van der Waals surface area contributed by atoms with Gasteiger partial charge in [0.1, 0.15) is 0 Å². The van der Waals surface area contributed by atoms with Crippen molar-refractivity contribution in [1.82, 2.24) is 5.32 Å². The SMILES string of the molecule is C=C(CC(N)=O)C(=O)NC(C)C. The van der Waals surface area contributed by atoms with Crippen LogP contribution < -0.4 is 11.1 Å². The van der Waals surface area contributed by atoms with Crippen LogP contribution in [-0.2, 0) is 9.59 Å². The standard InChI is InChI=1S/C8H14N2O2/c1-5(2)10-8(12)6(3)4-7(9)11/h5H,3-4H2,1-2H3,(H2,9,11)(H,10,12). The van der Waals surface area contributed by atoms with Crippen LogP contribution in [0.2, 0.25) is 0 Å². The molecule has 0 atom stereocenters. The van der Waals surface area contributed by atoms with E-state index in [-0.39, 0.29) is 23.9 Å². The van der Waals surface area contributed by atoms with Gasteiger partial charge in [0.05, 0.1) is 6.42 Å². The van der Waals surface area contributed by atoms with Crippen molar-refractivity contribution in [2.45, 2.75) is 26.3 Å². The second-order valence-corrected chi connectivity index (χ2v) is 2.87. The molecule has 0 saturated carbocycles. The number of carbonyl (C=O) groups excluding carboxylic acids is 2. The van der Waals surface area contributed by atoms with Crippen molar-refractivity contribution in [2.75, 3.05) is 0 Å². The van der Waals surface area contributed by atoms with Gasteiger partial charge in [-0.1, -0.05) is 6.58 Å². The molecular formula is C8H14N2O2. The highest BCUT2D eigenvalue weighted by atomic mass is 16.2. The van der Waals surface area contributed by atoms with E-state index < -0.39 is 5.91 Å². The van der Waals surface area contributed by atoms with Gasteiger partial charge >= 0.3 is 0 Å². The predicted octanol–water partition coefficient (Wildman–Crippen LogP) is -0.0574. The highest BCUT2D eigenvalue weighted by Gasteiger charge is 2.09. The summed E-state index contributed by atoms with van der Waals surface area (Å²) in [5.74, 6) is -0.859. The van der Waals surface area contributed by atoms with Gasteiger partial charge in [0.25, 0.3) is 0 Å². The first-order valence-electron chi connectivity index (χ1n) is 3.70. The zero-order chi connectivity index (χ0) is 9.72. The van der Waals surface area contributed by atoms with Crippen LogP contribution in [0, 0.1) is 0 Å². The van der Waals surface area contributed by atoms with E-state index in [1.54, 1.807) is 0 Å². The quantitative estimate of drug-likeness (QED) is 0.580. The maximum Gasteiger partial charge on any atom is 0.247 e. The molecule has 0 aliphatic rings. The van der Waals surface area contributed by atoms with Crippen molar-refractivity contribution in [3.63, 3.8) is 0 Å². The van der Waals surface area contributed by atoms with Crippen molar-refractivity contribution < 1.29 is 9.59 Å². The first-order valence-corrected chi connectivity index (χ1v) is 3.70. The summed E-state index contributed by atoms with van der Waals surface area (Å²) in [6.07, 6.45) is -0.0848. The smallest absolute Gasteiger partial charge is 0.247 e. The molecule has 0 radical (unpaired) electrons. The van der Waals surface area contributed by atoms with Crippen molar-refractivity contribution in [3.8, 4) is 0 Å². The van der Waals surface area contributed by atoms with E-state index in [1.165, 1.54) is 0 Å². The Morgan fingerprint density at radius 2 is 2.00 bits per heavy atom. The minimum Gasteiger partial charge on any atom is -0.369 e. The maximum atomic E-state index is 11.1. The molecule has 4 nitrogen and oxygen atoms in total. The fraction of sp³-hybridized carbons (Fsp3) is 0.500. The molecule has 68 valence electrons. The highest BCUT2D eigenvalue weighted by molar-refractivity contribution is 5.97. The van der Waals surface area contributed by atoms with E-state index in [0.29, 0.717) is 0 Å². The Morgan fingerprint density at radius 1 is 1.50 bits per heavy atom. The number of rotatable bonds is 4. The van der Waals surface area contributed by atoms with Gasteiger partial charge in [0, 0.05) is 11.6 Å². The molecule has 0 heterocycles. The van der Waals surface area contributed by atoms with Gasteiger partial charge < -0.3 is 11.1 Å². The highest BCUT2D eigenvalue weighted by Crippen LogP contribution is 1.96. The fourth-order valence-corrected chi connectivity index (χ4v) is 0.655. The molecular weight excluding hydrogens is 156 g/mol. The minimum atomic E-state index is -0.543. The van der Waals surface area contributed by atoms with E-state index in [0.717, 1.165) is 0 Å². The molecule has 0 saturated heterocycles. The second-order valence-electron chi connectivity index (χ2n) is 2.87. The van der Waals surface area contributed by atoms with Crippen molar-refractivity contribution in [1.29, 1.82) is 0 Å². The summed E-state index contributed by atoms with van der Waals surface area (Å²) in [4.78, 5) is 21.5. The molecule has 0 spiro atoms. The molecule has 0 fully saturated rings. The number of primary amides is 1. The molecule has 0 aliphatic carbocycles. The average molecular weight is 170 g/mol. The molecule has 0 unspecified atom stereocenters. The van der Waals surface area contributed by atoms with Crippen molar-refractivity contribution in [2.24, 2.45) is 5.73 Å². The first kappa shape index (κ1) is 10.7. The van der Waals surface area contributed by atoms with Crippen LogP contribution in [0.5, 0.6) is 0 Å². The molecule has 0 rings (SSSR count). The Labute approximate surface area is 71.8 Å². The summed E-state index contributed by atoms with van der Waals surface area (Å²) < 4.78 is 0. The lowest BCUT2D eigenvalue weighted by Gasteiger charge is -2.08.